The van der Waals surface area contributed by atoms with Crippen LogP contribution in [0.2, 0.25) is 0 Å². The predicted molar refractivity (Wildman–Crippen MR) is 130 cm³/mol. The minimum atomic E-state index is -0.0738. The fourth-order valence-electron chi connectivity index (χ4n) is 4.88. The molecule has 1 aliphatic heterocycles. The zero-order valence-electron chi connectivity index (χ0n) is 18.9. The summed E-state index contributed by atoms with van der Waals surface area (Å²) in [6.07, 6.45) is 9.73. The second kappa shape index (κ2) is 11.2. The normalized spacial score (nSPS) is 17.1. The molecule has 2 aromatic carbocycles. The van der Waals surface area contributed by atoms with Crippen LogP contribution in [-0.4, -0.2) is 31.4 Å². The molecule has 2 amide bonds. The standard InChI is InChI=1S/C27H35N3O2/c31-26(22-12-6-2-7-13-22)29-23-14-15-25(30-18-8-3-9-19-30)24(20-23)27(32)28-17-16-21-10-4-1-5-11-21/h1,4-5,10-11,14-15,20,22H,2-3,6-9,12-13,16-19H2,(H,28,32)(H,29,31). The van der Waals surface area contributed by atoms with Gasteiger partial charge in [-0.2, -0.15) is 0 Å². The molecule has 0 atom stereocenters. The van der Waals surface area contributed by atoms with E-state index in [4.69, 9.17) is 0 Å². The lowest BCUT2D eigenvalue weighted by molar-refractivity contribution is -0.120. The van der Waals surface area contributed by atoms with Gasteiger partial charge in [0.05, 0.1) is 5.56 Å². The van der Waals surface area contributed by atoms with Gasteiger partial charge in [-0.05, 0) is 62.3 Å². The summed E-state index contributed by atoms with van der Waals surface area (Å²) < 4.78 is 0. The van der Waals surface area contributed by atoms with E-state index in [1.54, 1.807) is 0 Å². The number of nitrogens with zero attached hydrogens (tertiary/aromatic N) is 1. The molecule has 1 saturated heterocycles. The van der Waals surface area contributed by atoms with Crippen LogP contribution in [0.25, 0.3) is 0 Å². The number of carbonyl (C=O) groups excluding carboxylic acids is 2. The fourth-order valence-corrected chi connectivity index (χ4v) is 4.88. The number of nitrogens with one attached hydrogen (secondary N) is 2. The van der Waals surface area contributed by atoms with Crippen LogP contribution < -0.4 is 15.5 Å². The van der Waals surface area contributed by atoms with Gasteiger partial charge < -0.3 is 15.5 Å². The van der Waals surface area contributed by atoms with E-state index in [0.29, 0.717) is 12.1 Å². The third-order valence-electron chi connectivity index (χ3n) is 6.72. The number of amides is 2. The second-order valence-electron chi connectivity index (χ2n) is 9.10. The van der Waals surface area contributed by atoms with Gasteiger partial charge in [-0.1, -0.05) is 49.6 Å². The van der Waals surface area contributed by atoms with E-state index in [9.17, 15) is 9.59 Å². The number of carbonyl (C=O) groups is 2. The molecule has 32 heavy (non-hydrogen) atoms. The first kappa shape index (κ1) is 22.4. The number of piperidine rings is 1. The molecule has 5 heteroatoms. The average molecular weight is 434 g/mol. The van der Waals surface area contributed by atoms with Crippen molar-refractivity contribution < 1.29 is 9.59 Å². The minimum absolute atomic E-state index is 0.0738. The molecule has 0 spiro atoms. The van der Waals surface area contributed by atoms with Crippen LogP contribution in [0.3, 0.4) is 0 Å². The summed E-state index contributed by atoms with van der Waals surface area (Å²) in [5, 5.41) is 6.17. The summed E-state index contributed by atoms with van der Waals surface area (Å²) in [5.41, 5.74) is 3.55. The Labute approximate surface area is 191 Å². The van der Waals surface area contributed by atoms with Gasteiger partial charge in [-0.25, -0.2) is 0 Å². The first-order valence-electron chi connectivity index (χ1n) is 12.2. The Morgan fingerprint density at radius 3 is 2.34 bits per heavy atom. The molecule has 0 radical (unpaired) electrons. The maximum absolute atomic E-state index is 13.2. The molecule has 170 valence electrons. The molecule has 1 saturated carbocycles. The van der Waals surface area contributed by atoms with Crippen molar-refractivity contribution in [2.45, 2.75) is 57.8 Å². The van der Waals surface area contributed by atoms with Crippen molar-refractivity contribution in [2.75, 3.05) is 29.9 Å². The van der Waals surface area contributed by atoms with E-state index in [2.05, 4.69) is 27.7 Å². The summed E-state index contributed by atoms with van der Waals surface area (Å²) in [6, 6.07) is 16.0. The Morgan fingerprint density at radius 2 is 1.59 bits per heavy atom. The van der Waals surface area contributed by atoms with Crippen molar-refractivity contribution in [2.24, 2.45) is 5.92 Å². The molecule has 2 aromatic rings. The number of rotatable bonds is 7. The maximum Gasteiger partial charge on any atom is 0.253 e. The van der Waals surface area contributed by atoms with Gasteiger partial charge in [-0.3, -0.25) is 9.59 Å². The topological polar surface area (TPSA) is 61.4 Å². The summed E-state index contributed by atoms with van der Waals surface area (Å²) >= 11 is 0. The van der Waals surface area contributed by atoms with Crippen LogP contribution in [0.15, 0.2) is 48.5 Å². The predicted octanol–water partition coefficient (Wildman–Crippen LogP) is 5.17. The van der Waals surface area contributed by atoms with E-state index in [0.717, 1.165) is 69.4 Å². The van der Waals surface area contributed by atoms with Crippen molar-refractivity contribution in [3.63, 3.8) is 0 Å². The Kier molecular flexibility index (Phi) is 7.81. The first-order valence-corrected chi connectivity index (χ1v) is 12.2. The van der Waals surface area contributed by atoms with Crippen LogP contribution in [0.1, 0.15) is 67.3 Å². The monoisotopic (exact) mass is 433 g/mol. The summed E-state index contributed by atoms with van der Waals surface area (Å²) in [6.45, 7) is 2.52. The number of hydrogen-bond donors (Lipinski definition) is 2. The van der Waals surface area contributed by atoms with Crippen molar-refractivity contribution in [1.29, 1.82) is 0 Å². The lowest BCUT2D eigenvalue weighted by atomic mass is 9.88. The zero-order valence-corrected chi connectivity index (χ0v) is 18.9. The van der Waals surface area contributed by atoms with E-state index in [1.165, 1.54) is 18.4 Å². The van der Waals surface area contributed by atoms with E-state index in [-0.39, 0.29) is 17.7 Å². The molecule has 5 nitrogen and oxygen atoms in total. The molecule has 1 heterocycles. The molecule has 2 N–H and O–H groups in total. The largest absolute Gasteiger partial charge is 0.371 e. The molecule has 1 aliphatic carbocycles. The highest BCUT2D eigenvalue weighted by Gasteiger charge is 2.23. The van der Waals surface area contributed by atoms with E-state index < -0.39 is 0 Å². The Hall–Kier alpha value is -2.82. The van der Waals surface area contributed by atoms with Crippen LogP contribution >= 0.6 is 0 Å². The van der Waals surface area contributed by atoms with Gasteiger partial charge in [0.25, 0.3) is 5.91 Å². The number of benzene rings is 2. The van der Waals surface area contributed by atoms with Gasteiger partial charge in [-0.15, -0.1) is 0 Å². The molecule has 0 bridgehead atoms. The third-order valence-corrected chi connectivity index (χ3v) is 6.72. The Balaban J connectivity index is 1.47. The van der Waals surface area contributed by atoms with Crippen molar-refractivity contribution in [1.82, 2.24) is 5.32 Å². The third kappa shape index (κ3) is 5.90. The molecular formula is C27H35N3O2. The lowest BCUT2D eigenvalue weighted by Gasteiger charge is -2.30. The summed E-state index contributed by atoms with van der Waals surface area (Å²) in [4.78, 5) is 28.2. The first-order chi connectivity index (χ1) is 15.7. The smallest absolute Gasteiger partial charge is 0.253 e. The van der Waals surface area contributed by atoms with Gasteiger partial charge in [0.15, 0.2) is 0 Å². The highest BCUT2D eigenvalue weighted by Crippen LogP contribution is 2.29. The van der Waals surface area contributed by atoms with E-state index >= 15 is 0 Å². The van der Waals surface area contributed by atoms with Crippen LogP contribution in [0.4, 0.5) is 11.4 Å². The van der Waals surface area contributed by atoms with Crippen molar-refractivity contribution in [3.05, 3.63) is 59.7 Å². The zero-order chi connectivity index (χ0) is 22.2. The number of anilines is 2. The van der Waals surface area contributed by atoms with Gasteiger partial charge in [0.2, 0.25) is 5.91 Å². The van der Waals surface area contributed by atoms with Gasteiger partial charge in [0.1, 0.15) is 0 Å². The molecule has 2 fully saturated rings. The lowest BCUT2D eigenvalue weighted by Crippen LogP contribution is -2.33. The van der Waals surface area contributed by atoms with E-state index in [1.807, 2.05) is 36.4 Å². The highest BCUT2D eigenvalue weighted by atomic mass is 16.2. The van der Waals surface area contributed by atoms with Crippen molar-refractivity contribution >= 4 is 23.2 Å². The number of hydrogen-bond acceptors (Lipinski definition) is 3. The van der Waals surface area contributed by atoms with Crippen molar-refractivity contribution in [3.8, 4) is 0 Å². The summed E-state index contributed by atoms with van der Waals surface area (Å²) in [7, 11) is 0. The van der Waals surface area contributed by atoms with Crippen LogP contribution in [0.5, 0.6) is 0 Å². The molecular weight excluding hydrogens is 398 g/mol. The fraction of sp³-hybridized carbons (Fsp3) is 0.481. The van der Waals surface area contributed by atoms with Gasteiger partial charge >= 0.3 is 0 Å². The highest BCUT2D eigenvalue weighted by molar-refractivity contribution is 6.02. The average Bonchev–Trinajstić information content (AvgIpc) is 2.85. The van der Waals surface area contributed by atoms with Gasteiger partial charge in [0, 0.05) is 36.9 Å². The minimum Gasteiger partial charge on any atom is -0.371 e. The SMILES string of the molecule is O=C(NCCc1ccccc1)c1cc(NC(=O)C2CCCCC2)ccc1N1CCCCC1. The van der Waals surface area contributed by atoms with Crippen LogP contribution in [0, 0.1) is 5.92 Å². The maximum atomic E-state index is 13.2. The summed E-state index contributed by atoms with van der Waals surface area (Å²) in [5.74, 6) is 0.106. The second-order valence-corrected chi connectivity index (χ2v) is 9.10. The Bertz CT molecular complexity index is 900. The Morgan fingerprint density at radius 1 is 0.875 bits per heavy atom. The molecule has 0 aromatic heterocycles. The molecule has 0 unspecified atom stereocenters. The van der Waals surface area contributed by atoms with Crippen LogP contribution in [-0.2, 0) is 11.2 Å². The molecule has 4 rings (SSSR count). The quantitative estimate of drug-likeness (QED) is 0.633. The molecule has 2 aliphatic rings.